The van der Waals surface area contributed by atoms with E-state index in [4.69, 9.17) is 19.1 Å². The number of methoxy groups -OCH3 is 1. The van der Waals surface area contributed by atoms with Crippen LogP contribution in [0, 0.1) is 0 Å². The van der Waals surface area contributed by atoms with Crippen molar-refractivity contribution < 1.29 is 23.9 Å². The number of hydrogen-bond acceptors (Lipinski definition) is 6. The van der Waals surface area contributed by atoms with Gasteiger partial charge >= 0.3 is 5.97 Å². The second-order valence-corrected chi connectivity index (χ2v) is 4.72. The number of carboxylic acid groups (broad SMARTS) is 1. The quantitative estimate of drug-likeness (QED) is 0.920. The fourth-order valence-electron chi connectivity index (χ4n) is 2.25. The topological polar surface area (TPSA) is 94.7 Å². The molecular formula is C14H14N2O5. The summed E-state index contributed by atoms with van der Waals surface area (Å²) in [7, 11) is 1.58. The first-order valence-electron chi connectivity index (χ1n) is 6.53. The highest BCUT2D eigenvalue weighted by Gasteiger charge is 2.34. The highest BCUT2D eigenvalue weighted by Crippen LogP contribution is 2.33. The monoisotopic (exact) mass is 290 g/mol. The summed E-state index contributed by atoms with van der Waals surface area (Å²) >= 11 is 0. The third-order valence-electron chi connectivity index (χ3n) is 3.34. The number of aromatic nitrogens is 2. The van der Waals surface area contributed by atoms with Crippen LogP contribution in [0.5, 0.6) is 5.75 Å². The van der Waals surface area contributed by atoms with Gasteiger partial charge in [0.05, 0.1) is 7.11 Å². The first-order chi connectivity index (χ1) is 10.2. The third-order valence-corrected chi connectivity index (χ3v) is 3.34. The van der Waals surface area contributed by atoms with Gasteiger partial charge in [0.1, 0.15) is 11.9 Å². The largest absolute Gasteiger partial charge is 0.497 e. The molecule has 110 valence electrons. The second kappa shape index (κ2) is 5.53. The summed E-state index contributed by atoms with van der Waals surface area (Å²) in [5.41, 5.74) is 0.761. The number of nitrogens with zero attached hydrogens (tertiary/aromatic N) is 2. The third kappa shape index (κ3) is 2.73. The molecule has 0 bridgehead atoms. The van der Waals surface area contributed by atoms with Crippen LogP contribution in [0.1, 0.15) is 24.8 Å². The number of benzene rings is 1. The SMILES string of the molecule is COc1cccc(-c2noc(C3CCC(C(=O)O)O3)n2)c1. The Morgan fingerprint density at radius 2 is 2.29 bits per heavy atom. The van der Waals surface area contributed by atoms with E-state index in [1.165, 1.54) is 0 Å². The lowest BCUT2D eigenvalue weighted by Crippen LogP contribution is -2.18. The molecule has 0 aliphatic carbocycles. The van der Waals surface area contributed by atoms with Crippen LogP contribution in [0.2, 0.25) is 0 Å². The molecule has 0 saturated carbocycles. The first kappa shape index (κ1) is 13.6. The van der Waals surface area contributed by atoms with Crippen LogP contribution in [-0.4, -0.2) is 34.4 Å². The van der Waals surface area contributed by atoms with E-state index in [2.05, 4.69) is 10.1 Å². The average molecular weight is 290 g/mol. The summed E-state index contributed by atoms with van der Waals surface area (Å²) in [4.78, 5) is 15.2. The van der Waals surface area contributed by atoms with Crippen molar-refractivity contribution in [1.29, 1.82) is 0 Å². The predicted molar refractivity (Wildman–Crippen MR) is 70.8 cm³/mol. The molecule has 1 aliphatic heterocycles. The Kier molecular flexibility index (Phi) is 3.57. The van der Waals surface area contributed by atoms with Crippen LogP contribution < -0.4 is 4.74 Å². The molecule has 2 aromatic rings. The Bertz CT molecular complexity index is 654. The van der Waals surface area contributed by atoms with Gasteiger partial charge in [0, 0.05) is 5.56 Å². The smallest absolute Gasteiger partial charge is 0.332 e. The minimum absolute atomic E-state index is 0.302. The van der Waals surface area contributed by atoms with Gasteiger partial charge in [-0.1, -0.05) is 17.3 Å². The first-order valence-corrected chi connectivity index (χ1v) is 6.53. The standard InChI is InChI=1S/C14H14N2O5/c1-19-9-4-2-3-8(7-9)12-15-13(21-16-12)10-5-6-11(20-10)14(17)18/h2-4,7,10-11H,5-6H2,1H3,(H,17,18). The molecule has 1 aliphatic rings. The van der Waals surface area contributed by atoms with Crippen LogP contribution >= 0.6 is 0 Å². The van der Waals surface area contributed by atoms with Crippen LogP contribution in [0.15, 0.2) is 28.8 Å². The number of carbonyl (C=O) groups is 1. The summed E-state index contributed by atoms with van der Waals surface area (Å²) in [6, 6.07) is 7.29. The second-order valence-electron chi connectivity index (χ2n) is 4.72. The van der Waals surface area contributed by atoms with Crippen molar-refractivity contribution in [2.24, 2.45) is 0 Å². The van der Waals surface area contributed by atoms with Gasteiger partial charge in [0.2, 0.25) is 5.82 Å². The van der Waals surface area contributed by atoms with Gasteiger partial charge in [-0.05, 0) is 25.0 Å². The van der Waals surface area contributed by atoms with Gasteiger partial charge in [-0.2, -0.15) is 4.98 Å². The number of hydrogen-bond donors (Lipinski definition) is 1. The van der Waals surface area contributed by atoms with Gasteiger partial charge < -0.3 is 19.1 Å². The lowest BCUT2D eigenvalue weighted by atomic mass is 10.2. The minimum atomic E-state index is -0.968. The molecule has 2 heterocycles. The van der Waals surface area contributed by atoms with Gasteiger partial charge in [0.25, 0.3) is 5.89 Å². The molecule has 1 saturated heterocycles. The van der Waals surface area contributed by atoms with E-state index in [0.717, 1.165) is 5.56 Å². The Morgan fingerprint density at radius 1 is 1.43 bits per heavy atom. The highest BCUT2D eigenvalue weighted by atomic mass is 16.5. The van der Waals surface area contributed by atoms with Gasteiger partial charge in [-0.15, -0.1) is 0 Å². The predicted octanol–water partition coefficient (Wildman–Crippen LogP) is 2.05. The van der Waals surface area contributed by atoms with E-state index in [9.17, 15) is 4.79 Å². The number of rotatable bonds is 4. The summed E-state index contributed by atoms with van der Waals surface area (Å²) < 4.78 is 15.7. The van der Waals surface area contributed by atoms with Crippen LogP contribution in [0.25, 0.3) is 11.4 Å². The Balaban J connectivity index is 1.79. The van der Waals surface area contributed by atoms with Crippen LogP contribution in [0.4, 0.5) is 0 Å². The van der Waals surface area contributed by atoms with E-state index in [1.54, 1.807) is 13.2 Å². The number of aliphatic carboxylic acids is 1. The highest BCUT2D eigenvalue weighted by molar-refractivity contribution is 5.72. The Hall–Kier alpha value is -2.41. The maximum Gasteiger partial charge on any atom is 0.332 e. The Labute approximate surface area is 120 Å². The fourth-order valence-corrected chi connectivity index (χ4v) is 2.25. The molecule has 21 heavy (non-hydrogen) atoms. The molecule has 2 atom stereocenters. The van der Waals surface area contributed by atoms with Crippen molar-refractivity contribution in [3.63, 3.8) is 0 Å². The molecule has 3 rings (SSSR count). The van der Waals surface area contributed by atoms with Crippen molar-refractivity contribution in [2.45, 2.75) is 25.0 Å². The molecule has 0 spiro atoms. The normalized spacial score (nSPS) is 21.4. The van der Waals surface area contributed by atoms with Crippen LogP contribution in [0.3, 0.4) is 0 Å². The molecule has 1 aromatic carbocycles. The zero-order valence-electron chi connectivity index (χ0n) is 11.4. The zero-order valence-corrected chi connectivity index (χ0v) is 11.4. The van der Waals surface area contributed by atoms with E-state index in [1.807, 2.05) is 18.2 Å². The fraction of sp³-hybridized carbons (Fsp3) is 0.357. The minimum Gasteiger partial charge on any atom is -0.497 e. The molecule has 1 aromatic heterocycles. The van der Waals surface area contributed by atoms with Gasteiger partial charge in [0.15, 0.2) is 6.10 Å². The van der Waals surface area contributed by atoms with Crippen molar-refractivity contribution in [3.05, 3.63) is 30.2 Å². The van der Waals surface area contributed by atoms with Gasteiger partial charge in [-0.3, -0.25) is 0 Å². The van der Waals surface area contributed by atoms with E-state index in [0.29, 0.717) is 30.3 Å². The molecule has 0 radical (unpaired) electrons. The zero-order chi connectivity index (χ0) is 14.8. The molecule has 0 amide bonds. The van der Waals surface area contributed by atoms with Crippen molar-refractivity contribution in [2.75, 3.05) is 7.11 Å². The van der Waals surface area contributed by atoms with E-state index in [-0.39, 0.29) is 0 Å². The number of ether oxygens (including phenoxy) is 2. The van der Waals surface area contributed by atoms with Crippen molar-refractivity contribution in [1.82, 2.24) is 10.1 Å². The summed E-state index contributed by atoms with van der Waals surface area (Å²) in [5, 5.41) is 12.8. The van der Waals surface area contributed by atoms with Crippen molar-refractivity contribution in [3.8, 4) is 17.1 Å². The summed E-state index contributed by atoms with van der Waals surface area (Å²) in [6.07, 6.45) is -0.270. The maximum atomic E-state index is 10.9. The Morgan fingerprint density at radius 3 is 3.00 bits per heavy atom. The lowest BCUT2D eigenvalue weighted by Gasteiger charge is -2.05. The molecule has 7 heteroatoms. The molecule has 1 N–H and O–H groups in total. The number of carboxylic acids is 1. The van der Waals surface area contributed by atoms with E-state index < -0.39 is 18.2 Å². The van der Waals surface area contributed by atoms with Gasteiger partial charge in [-0.25, -0.2) is 4.79 Å². The molecule has 7 nitrogen and oxygen atoms in total. The van der Waals surface area contributed by atoms with E-state index >= 15 is 0 Å². The van der Waals surface area contributed by atoms with Crippen LogP contribution in [-0.2, 0) is 9.53 Å². The molecule has 1 fully saturated rings. The van der Waals surface area contributed by atoms with Crippen molar-refractivity contribution >= 4 is 5.97 Å². The summed E-state index contributed by atoms with van der Waals surface area (Å²) in [6.45, 7) is 0. The lowest BCUT2D eigenvalue weighted by molar-refractivity contribution is -0.150. The summed E-state index contributed by atoms with van der Waals surface area (Å²) in [5.74, 6) is 0.454. The molecule has 2 unspecified atom stereocenters. The maximum absolute atomic E-state index is 10.9. The molecular weight excluding hydrogens is 276 g/mol. The average Bonchev–Trinajstić information content (AvgIpc) is 3.16.